The van der Waals surface area contributed by atoms with Crippen LogP contribution in [-0.2, 0) is 6.54 Å². The van der Waals surface area contributed by atoms with Gasteiger partial charge in [-0.1, -0.05) is 12.1 Å². The van der Waals surface area contributed by atoms with Crippen molar-refractivity contribution in [3.05, 3.63) is 53.9 Å². The van der Waals surface area contributed by atoms with Crippen LogP contribution in [0.5, 0.6) is 5.75 Å². The Labute approximate surface area is 105 Å². The summed E-state index contributed by atoms with van der Waals surface area (Å²) in [5, 5.41) is 13.8. The molecule has 0 radical (unpaired) electrons. The van der Waals surface area contributed by atoms with E-state index in [-0.39, 0.29) is 11.5 Å². The minimum absolute atomic E-state index is 0.00811. The summed E-state index contributed by atoms with van der Waals surface area (Å²) in [6, 6.07) is 8.31. The predicted octanol–water partition coefficient (Wildman–Crippen LogP) is 2.50. The average Bonchev–Trinajstić information content (AvgIpc) is 2.84. The number of allylic oxidation sites excluding steroid dienone is 1. The Morgan fingerprint density at radius 1 is 1.39 bits per heavy atom. The van der Waals surface area contributed by atoms with Crippen molar-refractivity contribution in [3.63, 3.8) is 0 Å². The van der Waals surface area contributed by atoms with Gasteiger partial charge in [-0.3, -0.25) is 9.48 Å². The number of aromatic nitrogens is 2. The number of rotatable bonds is 4. The van der Waals surface area contributed by atoms with Gasteiger partial charge in [-0.25, -0.2) is 0 Å². The molecule has 1 aromatic carbocycles. The van der Waals surface area contributed by atoms with Crippen molar-refractivity contribution in [1.29, 1.82) is 0 Å². The maximum atomic E-state index is 11.8. The largest absolute Gasteiger partial charge is 0.507 e. The zero-order chi connectivity index (χ0) is 13.0. The van der Waals surface area contributed by atoms with E-state index in [1.807, 2.05) is 19.2 Å². The molecule has 92 valence electrons. The second kappa shape index (κ2) is 5.31. The number of benzene rings is 1. The van der Waals surface area contributed by atoms with E-state index < -0.39 is 0 Å². The van der Waals surface area contributed by atoms with Gasteiger partial charge in [-0.15, -0.1) is 0 Å². The third-order valence-electron chi connectivity index (χ3n) is 2.56. The van der Waals surface area contributed by atoms with Crippen molar-refractivity contribution in [2.45, 2.75) is 13.5 Å². The van der Waals surface area contributed by atoms with Crippen LogP contribution in [0.25, 0.3) is 6.08 Å². The fraction of sp³-hybridized carbons (Fsp3) is 0.143. The quantitative estimate of drug-likeness (QED) is 0.662. The molecule has 1 heterocycles. The van der Waals surface area contributed by atoms with E-state index in [4.69, 9.17) is 0 Å². The zero-order valence-electron chi connectivity index (χ0n) is 10.1. The van der Waals surface area contributed by atoms with Crippen molar-refractivity contribution in [3.8, 4) is 5.75 Å². The summed E-state index contributed by atoms with van der Waals surface area (Å²) in [4.78, 5) is 11.8. The van der Waals surface area contributed by atoms with Gasteiger partial charge in [0.2, 0.25) is 0 Å². The van der Waals surface area contributed by atoms with Gasteiger partial charge >= 0.3 is 0 Å². The highest BCUT2D eigenvalue weighted by atomic mass is 16.3. The maximum Gasteiger partial charge on any atom is 0.189 e. The third-order valence-corrected chi connectivity index (χ3v) is 2.56. The van der Waals surface area contributed by atoms with Crippen LogP contribution in [0.4, 0.5) is 0 Å². The van der Waals surface area contributed by atoms with Gasteiger partial charge in [0.1, 0.15) is 5.75 Å². The Bertz CT molecular complexity index is 585. The lowest BCUT2D eigenvalue weighted by atomic mass is 10.1. The lowest BCUT2D eigenvalue weighted by molar-refractivity contribution is 0.104. The first-order chi connectivity index (χ1) is 8.70. The highest BCUT2D eigenvalue weighted by molar-refractivity contribution is 6.08. The molecule has 0 aliphatic carbocycles. The van der Waals surface area contributed by atoms with E-state index in [1.165, 1.54) is 12.1 Å². The number of phenolic OH excluding ortho intramolecular Hbond substituents is 1. The van der Waals surface area contributed by atoms with Gasteiger partial charge in [0.25, 0.3) is 0 Å². The van der Waals surface area contributed by atoms with Crippen LogP contribution in [0.15, 0.2) is 42.6 Å². The summed E-state index contributed by atoms with van der Waals surface area (Å²) in [5.74, 6) is -0.245. The van der Waals surface area contributed by atoms with Crippen molar-refractivity contribution < 1.29 is 9.90 Å². The molecule has 0 unspecified atom stereocenters. The summed E-state index contributed by atoms with van der Waals surface area (Å²) >= 11 is 0. The molecular formula is C14H14N2O2. The molecule has 0 bridgehead atoms. The molecule has 0 fully saturated rings. The van der Waals surface area contributed by atoms with E-state index >= 15 is 0 Å². The molecule has 18 heavy (non-hydrogen) atoms. The van der Waals surface area contributed by atoms with Gasteiger partial charge in [-0.2, -0.15) is 5.10 Å². The molecule has 4 nitrogen and oxygen atoms in total. The van der Waals surface area contributed by atoms with E-state index in [9.17, 15) is 9.90 Å². The number of nitrogens with zero attached hydrogens (tertiary/aromatic N) is 2. The SMILES string of the molecule is CCn1ccc(C=CC(=O)c2ccccc2O)n1. The number of aromatic hydroxyl groups is 1. The Kier molecular flexibility index (Phi) is 3.57. The monoisotopic (exact) mass is 242 g/mol. The summed E-state index contributed by atoms with van der Waals surface area (Å²) in [6.07, 6.45) is 4.91. The van der Waals surface area contributed by atoms with Crippen LogP contribution in [0.2, 0.25) is 0 Å². The third kappa shape index (κ3) is 2.66. The molecule has 0 spiro atoms. The van der Waals surface area contributed by atoms with Gasteiger partial charge in [0.15, 0.2) is 5.78 Å². The van der Waals surface area contributed by atoms with Crippen LogP contribution in [-0.4, -0.2) is 20.7 Å². The standard InChI is InChI=1S/C14H14N2O2/c1-2-16-10-9-11(15-16)7-8-14(18)12-5-3-4-6-13(12)17/h3-10,17H,2H2,1H3. The molecule has 0 aliphatic rings. The molecule has 0 saturated carbocycles. The van der Waals surface area contributed by atoms with Crippen LogP contribution in [0, 0.1) is 0 Å². The number of hydrogen-bond donors (Lipinski definition) is 1. The van der Waals surface area contributed by atoms with E-state index in [1.54, 1.807) is 29.0 Å². The molecule has 0 amide bonds. The number of phenols is 1. The van der Waals surface area contributed by atoms with Gasteiger partial charge in [0.05, 0.1) is 11.3 Å². The van der Waals surface area contributed by atoms with Crippen molar-refractivity contribution >= 4 is 11.9 Å². The van der Waals surface area contributed by atoms with Crippen molar-refractivity contribution in [2.75, 3.05) is 0 Å². The number of hydrogen-bond acceptors (Lipinski definition) is 3. The molecule has 1 aromatic heterocycles. The number of carbonyl (C=O) groups is 1. The highest BCUT2D eigenvalue weighted by Crippen LogP contribution is 2.16. The normalized spacial score (nSPS) is 10.9. The summed E-state index contributed by atoms with van der Waals surface area (Å²) in [7, 11) is 0. The van der Waals surface area contributed by atoms with Crippen molar-refractivity contribution in [2.24, 2.45) is 0 Å². The topological polar surface area (TPSA) is 55.1 Å². The highest BCUT2D eigenvalue weighted by Gasteiger charge is 2.06. The maximum absolute atomic E-state index is 11.8. The first kappa shape index (κ1) is 12.1. The molecule has 1 N–H and O–H groups in total. The molecule has 0 aliphatic heterocycles. The van der Waals surface area contributed by atoms with Crippen LogP contribution in [0.1, 0.15) is 23.0 Å². The number of aryl methyl sites for hydroxylation is 1. The van der Waals surface area contributed by atoms with Gasteiger partial charge < -0.3 is 5.11 Å². The Hall–Kier alpha value is -2.36. The van der Waals surface area contributed by atoms with E-state index in [0.717, 1.165) is 12.2 Å². The Morgan fingerprint density at radius 3 is 2.83 bits per heavy atom. The zero-order valence-corrected chi connectivity index (χ0v) is 10.1. The molecule has 4 heteroatoms. The minimum Gasteiger partial charge on any atom is -0.507 e. The second-order valence-electron chi connectivity index (χ2n) is 3.81. The number of para-hydroxylation sites is 1. The second-order valence-corrected chi connectivity index (χ2v) is 3.81. The van der Waals surface area contributed by atoms with E-state index in [0.29, 0.717) is 5.56 Å². The molecule has 0 atom stereocenters. The molecule has 2 aromatic rings. The Balaban J connectivity index is 2.14. The summed E-state index contributed by atoms with van der Waals surface area (Å²) < 4.78 is 1.78. The lowest BCUT2D eigenvalue weighted by Gasteiger charge is -1.98. The van der Waals surface area contributed by atoms with Crippen LogP contribution < -0.4 is 0 Å². The lowest BCUT2D eigenvalue weighted by Crippen LogP contribution is -1.95. The minimum atomic E-state index is -0.237. The first-order valence-electron chi connectivity index (χ1n) is 5.74. The van der Waals surface area contributed by atoms with E-state index in [2.05, 4.69) is 5.10 Å². The Morgan fingerprint density at radius 2 is 2.17 bits per heavy atom. The van der Waals surface area contributed by atoms with Crippen LogP contribution >= 0.6 is 0 Å². The smallest absolute Gasteiger partial charge is 0.189 e. The molecular weight excluding hydrogens is 228 g/mol. The fourth-order valence-corrected chi connectivity index (χ4v) is 1.58. The molecule has 2 rings (SSSR count). The van der Waals surface area contributed by atoms with Crippen molar-refractivity contribution in [1.82, 2.24) is 9.78 Å². The molecule has 0 saturated heterocycles. The first-order valence-corrected chi connectivity index (χ1v) is 5.74. The number of ketones is 1. The van der Waals surface area contributed by atoms with Crippen LogP contribution in [0.3, 0.4) is 0 Å². The summed E-state index contributed by atoms with van der Waals surface area (Å²) in [5.41, 5.74) is 1.02. The van der Waals surface area contributed by atoms with Gasteiger partial charge in [0, 0.05) is 12.7 Å². The summed E-state index contributed by atoms with van der Waals surface area (Å²) in [6.45, 7) is 2.79. The number of carbonyl (C=O) groups excluding carboxylic acids is 1. The van der Waals surface area contributed by atoms with Gasteiger partial charge in [-0.05, 0) is 37.3 Å². The fourth-order valence-electron chi connectivity index (χ4n) is 1.58. The average molecular weight is 242 g/mol. The predicted molar refractivity (Wildman–Crippen MR) is 69.4 cm³/mol.